The summed E-state index contributed by atoms with van der Waals surface area (Å²) in [5, 5.41) is 5.58. The molecule has 0 aliphatic rings. The van der Waals surface area contributed by atoms with Gasteiger partial charge in [0.25, 0.3) is 0 Å². The van der Waals surface area contributed by atoms with E-state index in [1.165, 1.54) is 15.6 Å². The van der Waals surface area contributed by atoms with Crippen LogP contribution in [-0.4, -0.2) is 6.26 Å². The van der Waals surface area contributed by atoms with Crippen molar-refractivity contribution in [3.8, 4) is 0 Å². The lowest BCUT2D eigenvalue weighted by molar-refractivity contribution is 1.77. The zero-order chi connectivity index (χ0) is 9.10. The average Bonchev–Trinajstić information content (AvgIpc) is 2.61. The van der Waals surface area contributed by atoms with Crippen LogP contribution in [0.1, 0.15) is 5.56 Å². The van der Waals surface area contributed by atoms with Crippen molar-refractivity contribution in [3.05, 3.63) is 40.6 Å². The molecule has 66 valence electrons. The molecule has 0 amide bonds. The maximum Gasteiger partial charge on any atom is 0.0348 e. The topological polar surface area (TPSA) is 0 Å². The molecule has 0 radical (unpaired) electrons. The fraction of sp³-hybridized carbons (Fsp3) is 0.0909. The minimum atomic E-state index is 1.28. The van der Waals surface area contributed by atoms with Gasteiger partial charge in [-0.05, 0) is 46.2 Å². The van der Waals surface area contributed by atoms with Crippen LogP contribution >= 0.6 is 23.1 Å². The third-order valence-electron chi connectivity index (χ3n) is 1.88. The van der Waals surface area contributed by atoms with E-state index in [9.17, 15) is 0 Å². The van der Waals surface area contributed by atoms with Gasteiger partial charge in [0.05, 0.1) is 0 Å². The second-order valence-electron chi connectivity index (χ2n) is 2.76. The fourth-order valence-electron chi connectivity index (χ4n) is 1.22. The molecule has 0 spiro atoms. The largest absolute Gasteiger partial charge is 0.144 e. The maximum absolute atomic E-state index is 2.23. The minimum Gasteiger partial charge on any atom is -0.144 e. The summed E-state index contributed by atoms with van der Waals surface area (Å²) < 4.78 is 1.36. The van der Waals surface area contributed by atoms with Gasteiger partial charge in [0.2, 0.25) is 0 Å². The third-order valence-corrected chi connectivity index (χ3v) is 3.16. The SMILES string of the molecule is CS/C=C\c1ccc2ccsc2c1. The molecular weight excluding hydrogens is 196 g/mol. The molecule has 0 aliphatic carbocycles. The van der Waals surface area contributed by atoms with E-state index in [0.29, 0.717) is 0 Å². The standard InChI is InChI=1S/C11H10S2/c1-12-6-4-9-2-3-10-5-7-13-11(10)8-9/h2-8H,1H3/b6-4-. The first-order valence-corrected chi connectivity index (χ1v) is 6.23. The van der Waals surface area contributed by atoms with Crippen molar-refractivity contribution < 1.29 is 0 Å². The van der Waals surface area contributed by atoms with Gasteiger partial charge in [0, 0.05) is 4.70 Å². The van der Waals surface area contributed by atoms with E-state index in [0.717, 1.165) is 0 Å². The van der Waals surface area contributed by atoms with Crippen molar-refractivity contribution in [2.45, 2.75) is 0 Å². The Morgan fingerprint density at radius 3 is 3.08 bits per heavy atom. The highest BCUT2D eigenvalue weighted by Gasteiger charge is 1.93. The van der Waals surface area contributed by atoms with Crippen molar-refractivity contribution in [1.29, 1.82) is 0 Å². The second kappa shape index (κ2) is 3.99. The van der Waals surface area contributed by atoms with Crippen LogP contribution in [0.15, 0.2) is 35.1 Å². The molecule has 1 heterocycles. The molecule has 0 saturated carbocycles. The smallest absolute Gasteiger partial charge is 0.0348 e. The molecule has 0 unspecified atom stereocenters. The first kappa shape index (κ1) is 8.85. The quantitative estimate of drug-likeness (QED) is 0.708. The van der Waals surface area contributed by atoms with Crippen LogP contribution in [0.25, 0.3) is 16.2 Å². The van der Waals surface area contributed by atoms with Crippen LogP contribution < -0.4 is 0 Å². The average molecular weight is 206 g/mol. The lowest BCUT2D eigenvalue weighted by atomic mass is 10.2. The number of hydrogen-bond donors (Lipinski definition) is 0. The zero-order valence-electron chi connectivity index (χ0n) is 7.36. The van der Waals surface area contributed by atoms with Gasteiger partial charge in [-0.3, -0.25) is 0 Å². The normalized spacial score (nSPS) is 11.5. The monoisotopic (exact) mass is 206 g/mol. The van der Waals surface area contributed by atoms with E-state index < -0.39 is 0 Å². The summed E-state index contributed by atoms with van der Waals surface area (Å²) in [6.45, 7) is 0. The van der Waals surface area contributed by atoms with E-state index in [2.05, 4.69) is 47.4 Å². The number of hydrogen-bond acceptors (Lipinski definition) is 2. The summed E-state index contributed by atoms with van der Waals surface area (Å²) in [7, 11) is 0. The number of thioether (sulfide) groups is 1. The van der Waals surface area contributed by atoms with Crippen LogP contribution in [0.2, 0.25) is 0 Å². The van der Waals surface area contributed by atoms with Crippen LogP contribution in [0.3, 0.4) is 0 Å². The predicted molar refractivity (Wildman–Crippen MR) is 64.4 cm³/mol. The first-order chi connectivity index (χ1) is 6.40. The molecule has 0 N–H and O–H groups in total. The molecule has 2 aromatic rings. The molecule has 0 saturated heterocycles. The number of fused-ring (bicyclic) bond motifs is 1. The zero-order valence-corrected chi connectivity index (χ0v) is 8.99. The molecule has 0 fully saturated rings. The Balaban J connectivity index is 2.42. The fourth-order valence-corrected chi connectivity index (χ4v) is 2.35. The maximum atomic E-state index is 2.23. The Morgan fingerprint density at radius 1 is 1.31 bits per heavy atom. The lowest BCUT2D eigenvalue weighted by Gasteiger charge is -1.93. The predicted octanol–water partition coefficient (Wildman–Crippen LogP) is 4.24. The van der Waals surface area contributed by atoms with E-state index >= 15 is 0 Å². The van der Waals surface area contributed by atoms with Gasteiger partial charge in [0.1, 0.15) is 0 Å². The van der Waals surface area contributed by atoms with Crippen LogP contribution in [0.5, 0.6) is 0 Å². The van der Waals surface area contributed by atoms with Gasteiger partial charge in [-0.1, -0.05) is 12.1 Å². The van der Waals surface area contributed by atoms with Crippen molar-refractivity contribution in [1.82, 2.24) is 0 Å². The molecular formula is C11H10S2. The second-order valence-corrected chi connectivity index (χ2v) is 4.45. The Labute approximate surface area is 86.3 Å². The number of benzene rings is 1. The first-order valence-electron chi connectivity index (χ1n) is 4.07. The Hall–Kier alpha value is -0.730. The lowest BCUT2D eigenvalue weighted by Crippen LogP contribution is -1.68. The molecule has 2 heteroatoms. The van der Waals surface area contributed by atoms with Gasteiger partial charge in [-0.25, -0.2) is 0 Å². The summed E-state index contributed by atoms with van der Waals surface area (Å²) in [5.74, 6) is 0. The molecule has 1 aromatic carbocycles. The van der Waals surface area contributed by atoms with Crippen molar-refractivity contribution in [3.63, 3.8) is 0 Å². The van der Waals surface area contributed by atoms with Gasteiger partial charge in [-0.2, -0.15) is 0 Å². The van der Waals surface area contributed by atoms with Gasteiger partial charge < -0.3 is 0 Å². The van der Waals surface area contributed by atoms with Crippen molar-refractivity contribution >= 4 is 39.3 Å². The minimum absolute atomic E-state index is 1.28. The van der Waals surface area contributed by atoms with E-state index in [1.54, 1.807) is 23.1 Å². The van der Waals surface area contributed by atoms with Crippen LogP contribution in [0.4, 0.5) is 0 Å². The van der Waals surface area contributed by atoms with E-state index in [4.69, 9.17) is 0 Å². The third kappa shape index (κ3) is 1.95. The van der Waals surface area contributed by atoms with Crippen molar-refractivity contribution in [2.24, 2.45) is 0 Å². The van der Waals surface area contributed by atoms with Crippen LogP contribution in [-0.2, 0) is 0 Å². The van der Waals surface area contributed by atoms with Crippen molar-refractivity contribution in [2.75, 3.05) is 6.26 Å². The molecule has 13 heavy (non-hydrogen) atoms. The molecule has 0 bridgehead atoms. The summed E-state index contributed by atoms with van der Waals surface area (Å²) in [5.41, 5.74) is 1.28. The Kier molecular flexibility index (Phi) is 2.71. The summed E-state index contributed by atoms with van der Waals surface area (Å²) >= 11 is 3.52. The summed E-state index contributed by atoms with van der Waals surface area (Å²) in [6.07, 6.45) is 4.21. The molecule has 0 atom stereocenters. The molecule has 2 rings (SSSR count). The van der Waals surface area contributed by atoms with Gasteiger partial charge in [-0.15, -0.1) is 23.1 Å². The van der Waals surface area contributed by atoms with Gasteiger partial charge in [0.15, 0.2) is 0 Å². The highest BCUT2D eigenvalue weighted by Crippen LogP contribution is 2.22. The molecule has 0 aliphatic heterocycles. The molecule has 1 aromatic heterocycles. The van der Waals surface area contributed by atoms with Gasteiger partial charge >= 0.3 is 0 Å². The molecule has 0 nitrogen and oxygen atoms in total. The number of rotatable bonds is 2. The van der Waals surface area contributed by atoms with Crippen LogP contribution in [0, 0.1) is 0 Å². The van der Waals surface area contributed by atoms with E-state index in [-0.39, 0.29) is 0 Å². The Bertz CT molecular complexity index is 426. The summed E-state index contributed by atoms with van der Waals surface area (Å²) in [4.78, 5) is 0. The van der Waals surface area contributed by atoms with E-state index in [1.807, 2.05) is 0 Å². The highest BCUT2D eigenvalue weighted by molar-refractivity contribution is 8.01. The Morgan fingerprint density at radius 2 is 2.23 bits per heavy atom. The highest BCUT2D eigenvalue weighted by atomic mass is 32.2. The summed E-state index contributed by atoms with van der Waals surface area (Å²) in [6, 6.07) is 8.71. The number of thiophene rings is 1.